The number of amides is 4. The van der Waals surface area contributed by atoms with Gasteiger partial charge in [0.2, 0.25) is 11.8 Å². The molecule has 5 aromatic rings. The van der Waals surface area contributed by atoms with E-state index in [0.717, 1.165) is 81.4 Å². The van der Waals surface area contributed by atoms with Crippen LogP contribution < -0.4 is 15.4 Å². The second-order valence-corrected chi connectivity index (χ2v) is 17.7. The first-order valence-corrected chi connectivity index (χ1v) is 23.2. The molecule has 0 aliphatic carbocycles. The van der Waals surface area contributed by atoms with E-state index in [4.69, 9.17) is 33.7 Å². The molecule has 352 valence electrons. The topological polar surface area (TPSA) is 202 Å². The molecule has 3 aromatic carbocycles. The number of aromatic nitrogens is 4. The van der Waals surface area contributed by atoms with E-state index in [-0.39, 0.29) is 48.8 Å². The normalized spacial score (nSPS) is 19.0. The Balaban J connectivity index is 0.907. The van der Waals surface area contributed by atoms with Crippen LogP contribution in [0.4, 0.5) is 9.59 Å². The van der Waals surface area contributed by atoms with Gasteiger partial charge in [-0.05, 0) is 91.1 Å². The zero-order valence-corrected chi connectivity index (χ0v) is 38.0. The Bertz CT molecular complexity index is 2610. The van der Waals surface area contributed by atoms with E-state index in [1.165, 1.54) is 14.2 Å². The van der Waals surface area contributed by atoms with E-state index < -0.39 is 18.2 Å². The lowest BCUT2D eigenvalue weighted by molar-refractivity contribution is -0.137. The van der Waals surface area contributed by atoms with Gasteiger partial charge in [0.15, 0.2) is 0 Å². The molecule has 0 radical (unpaired) electrons. The first kappa shape index (κ1) is 45.4. The number of nitrogens with zero attached hydrogens (tertiary/aromatic N) is 4. The Morgan fingerprint density at radius 1 is 0.881 bits per heavy atom. The van der Waals surface area contributed by atoms with E-state index in [2.05, 4.69) is 75.7 Å². The summed E-state index contributed by atoms with van der Waals surface area (Å²) in [6.45, 7) is 7.27. The fourth-order valence-electron chi connectivity index (χ4n) is 10.2. The highest BCUT2D eigenvalue weighted by Crippen LogP contribution is 2.44. The first-order chi connectivity index (χ1) is 32.7. The first-order valence-electron chi connectivity index (χ1n) is 23.2. The fraction of sp³-hybridized carbons (Fsp3) is 0.440. The molecule has 17 nitrogen and oxygen atoms in total. The van der Waals surface area contributed by atoms with Gasteiger partial charge in [-0.2, -0.15) is 0 Å². The lowest BCUT2D eigenvalue weighted by Gasteiger charge is -2.38. The van der Waals surface area contributed by atoms with Gasteiger partial charge in [0.05, 0.1) is 57.2 Å². The summed E-state index contributed by atoms with van der Waals surface area (Å²) in [6, 6.07) is 15.6. The van der Waals surface area contributed by atoms with Gasteiger partial charge in [-0.3, -0.25) is 9.59 Å². The summed E-state index contributed by atoms with van der Waals surface area (Å²) in [4.78, 5) is 72.0. The minimum absolute atomic E-state index is 0.0413. The molecule has 4 aliphatic rings. The van der Waals surface area contributed by atoms with Crippen molar-refractivity contribution in [3.63, 3.8) is 0 Å². The summed E-state index contributed by atoms with van der Waals surface area (Å²) in [7, 11) is 2.57. The molecular weight excluding hydrogens is 857 g/mol. The molecule has 3 saturated heterocycles. The van der Waals surface area contributed by atoms with Crippen molar-refractivity contribution < 1.29 is 42.9 Å². The molecule has 0 saturated carbocycles. The van der Waals surface area contributed by atoms with Crippen molar-refractivity contribution in [3.05, 3.63) is 90.8 Å². The molecule has 4 aliphatic heterocycles. The maximum atomic E-state index is 14.1. The highest BCUT2D eigenvalue weighted by molar-refractivity contribution is 5.98. The quantitative estimate of drug-likeness (QED) is 0.0832. The van der Waals surface area contributed by atoms with Gasteiger partial charge >= 0.3 is 12.2 Å². The number of likely N-dealkylation sites (tertiary alicyclic amines) is 1. The number of imidazole rings is 2. The van der Waals surface area contributed by atoms with Crippen LogP contribution in [0.5, 0.6) is 5.75 Å². The number of rotatable bonds is 14. The Labute approximate surface area is 388 Å². The van der Waals surface area contributed by atoms with Gasteiger partial charge in [-0.15, -0.1) is 6.58 Å². The molecule has 6 heterocycles. The second-order valence-electron chi connectivity index (χ2n) is 17.7. The maximum absolute atomic E-state index is 14.1. The monoisotopic (exact) mass is 914 g/mol. The van der Waals surface area contributed by atoms with Crippen LogP contribution in [-0.4, -0.2) is 120 Å². The summed E-state index contributed by atoms with van der Waals surface area (Å²) in [5.74, 6) is 1.85. The number of hydrogen-bond donors (Lipinski definition) is 4. The zero-order valence-electron chi connectivity index (χ0n) is 38.0. The van der Waals surface area contributed by atoms with Crippen LogP contribution in [0.25, 0.3) is 44.4 Å². The SMILES string of the molecule is C=CCC(C1CCCOC1)N(Cc1ncc(-c2ccc3c(c2)COc2c-3ccc3cc(-c4cnc([C@@H]5CCCN5C(=O)[C@@H](NC(=O)OC)C5CCOCC5)[nH]4)ccc23)[nH]1)C(=O)CNC(=O)OC. The number of nitrogens with one attached hydrogen (secondary N) is 4. The van der Waals surface area contributed by atoms with Gasteiger partial charge in [0.1, 0.15) is 36.6 Å². The van der Waals surface area contributed by atoms with Crippen molar-refractivity contribution in [3.8, 4) is 39.4 Å². The largest absolute Gasteiger partial charge is 0.488 e. The third-order valence-corrected chi connectivity index (χ3v) is 13.7. The van der Waals surface area contributed by atoms with Gasteiger partial charge in [-0.25, -0.2) is 19.6 Å². The molecule has 0 spiro atoms. The van der Waals surface area contributed by atoms with Crippen LogP contribution in [0.15, 0.2) is 73.6 Å². The van der Waals surface area contributed by atoms with E-state index in [9.17, 15) is 19.2 Å². The summed E-state index contributed by atoms with van der Waals surface area (Å²) in [5.41, 5.74) is 6.67. The van der Waals surface area contributed by atoms with Crippen molar-refractivity contribution >= 4 is 34.8 Å². The van der Waals surface area contributed by atoms with E-state index in [1.54, 1.807) is 11.1 Å². The summed E-state index contributed by atoms with van der Waals surface area (Å²) < 4.78 is 27.5. The van der Waals surface area contributed by atoms with Gasteiger partial charge in [0.25, 0.3) is 0 Å². The Morgan fingerprint density at radius 2 is 1.66 bits per heavy atom. The fourth-order valence-corrected chi connectivity index (χ4v) is 10.2. The average Bonchev–Trinajstić information content (AvgIpc) is 4.18. The second kappa shape index (κ2) is 20.4. The van der Waals surface area contributed by atoms with Crippen LogP contribution in [0.2, 0.25) is 0 Å². The number of aromatic amines is 2. The molecule has 2 unspecified atom stereocenters. The number of hydrogen-bond acceptors (Lipinski definition) is 11. The van der Waals surface area contributed by atoms with Gasteiger partial charge in [-0.1, -0.05) is 36.4 Å². The van der Waals surface area contributed by atoms with Crippen LogP contribution >= 0.6 is 0 Å². The van der Waals surface area contributed by atoms with E-state index >= 15 is 0 Å². The van der Waals surface area contributed by atoms with Gasteiger partial charge in [0, 0.05) is 54.8 Å². The number of benzene rings is 3. The highest BCUT2D eigenvalue weighted by Gasteiger charge is 2.40. The lowest BCUT2D eigenvalue weighted by atomic mass is 9.90. The third-order valence-electron chi connectivity index (χ3n) is 13.7. The highest BCUT2D eigenvalue weighted by atomic mass is 16.5. The smallest absolute Gasteiger partial charge is 0.407 e. The molecular formula is C50H58N8O9. The zero-order chi connectivity index (χ0) is 46.4. The van der Waals surface area contributed by atoms with E-state index in [0.29, 0.717) is 70.5 Å². The van der Waals surface area contributed by atoms with Crippen LogP contribution in [0.1, 0.15) is 68.2 Å². The molecule has 2 aromatic heterocycles. The number of alkyl carbamates (subject to hydrolysis) is 2. The number of fused-ring (bicyclic) bond motifs is 5. The molecule has 4 N–H and O–H groups in total. The summed E-state index contributed by atoms with van der Waals surface area (Å²) in [5, 5.41) is 7.37. The van der Waals surface area contributed by atoms with Crippen molar-refractivity contribution in [1.82, 2.24) is 40.4 Å². The molecule has 9 rings (SSSR count). The summed E-state index contributed by atoms with van der Waals surface area (Å²) in [6.07, 6.45) is 9.49. The Kier molecular flexibility index (Phi) is 13.9. The Hall–Kier alpha value is -6.72. The Morgan fingerprint density at radius 3 is 2.45 bits per heavy atom. The number of methoxy groups -OCH3 is 2. The molecule has 67 heavy (non-hydrogen) atoms. The predicted octanol–water partition coefficient (Wildman–Crippen LogP) is 7.05. The van der Waals surface area contributed by atoms with Gasteiger partial charge < -0.3 is 54.1 Å². The van der Waals surface area contributed by atoms with Crippen molar-refractivity contribution in [2.24, 2.45) is 11.8 Å². The third kappa shape index (κ3) is 9.74. The van der Waals surface area contributed by atoms with Crippen molar-refractivity contribution in [2.75, 3.05) is 53.7 Å². The minimum atomic E-state index is -0.700. The number of carbonyl (C=O) groups excluding carboxylic acids is 4. The van der Waals surface area contributed by atoms with Crippen LogP contribution in [0, 0.1) is 11.8 Å². The number of ether oxygens (including phenoxy) is 5. The molecule has 4 amide bonds. The van der Waals surface area contributed by atoms with Crippen LogP contribution in [-0.2, 0) is 41.7 Å². The molecule has 0 bridgehead atoms. The number of H-pyrrole nitrogens is 2. The standard InChI is InChI=1S/C50H58N8O9/c1-4-7-41(34-8-6-19-66-28-34)58(44(59)26-53-49(61)63-2)27-43-51-24-39(54-43)33-11-13-36-35(23-33)29-67-46-37-14-12-32(22-31(37)10-15-38(36)46)40-25-52-47(55-40)42-9-5-18-57(42)48(60)45(56-50(62)64-3)30-16-20-65-21-17-30/h4,10-15,22-25,30,34,41-42,45H,1,5-9,16-21,26-29H2,2-3H3,(H,51,54)(H,52,55)(H,53,61)(H,56,62)/t34?,41?,42-,45-/m0/s1. The van der Waals surface area contributed by atoms with E-state index in [1.807, 2.05) is 17.2 Å². The average molecular weight is 915 g/mol. The summed E-state index contributed by atoms with van der Waals surface area (Å²) >= 11 is 0. The molecule has 3 fully saturated rings. The molecule has 4 atom stereocenters. The predicted molar refractivity (Wildman–Crippen MR) is 249 cm³/mol. The number of carbonyl (C=O) groups is 4. The van der Waals surface area contributed by atoms with Crippen molar-refractivity contribution in [1.29, 1.82) is 0 Å². The lowest BCUT2D eigenvalue weighted by Crippen LogP contribution is -2.53. The van der Waals surface area contributed by atoms with Crippen molar-refractivity contribution in [2.45, 2.75) is 76.2 Å². The maximum Gasteiger partial charge on any atom is 0.407 e. The molecule has 17 heteroatoms. The van der Waals surface area contributed by atoms with Crippen LogP contribution in [0.3, 0.4) is 0 Å². The minimum Gasteiger partial charge on any atom is -0.488 e.